The molecule has 100 valence electrons. The molecule has 1 fully saturated rings. The zero-order valence-corrected chi connectivity index (χ0v) is 11.2. The molecule has 1 aliphatic heterocycles. The lowest BCUT2D eigenvalue weighted by Crippen LogP contribution is -2.43. The lowest BCUT2D eigenvalue weighted by atomic mass is 10.0. The molecule has 1 N–H and O–H groups in total. The molecule has 1 atom stereocenters. The van der Waals surface area contributed by atoms with E-state index < -0.39 is 0 Å². The second-order valence-electron chi connectivity index (χ2n) is 5.03. The highest BCUT2D eigenvalue weighted by Gasteiger charge is 2.19. The predicted octanol–water partition coefficient (Wildman–Crippen LogP) is 2.36. The molecule has 0 saturated carbocycles. The average Bonchev–Trinajstić information content (AvgIpc) is 2.39. The molecule has 18 heavy (non-hydrogen) atoms. The molecular weight excluding hydrogens is 229 g/mol. The number of rotatable bonds is 4. The fourth-order valence-electron chi connectivity index (χ4n) is 2.53. The van der Waals surface area contributed by atoms with Gasteiger partial charge in [0.2, 0.25) is 0 Å². The van der Waals surface area contributed by atoms with Crippen molar-refractivity contribution in [2.45, 2.75) is 38.8 Å². The summed E-state index contributed by atoms with van der Waals surface area (Å²) in [6.45, 7) is 7.72. The number of hydrogen-bond donors (Lipinski definition) is 1. The Labute approximate surface area is 108 Å². The van der Waals surface area contributed by atoms with Crippen LogP contribution in [0.2, 0.25) is 0 Å². The van der Waals surface area contributed by atoms with E-state index in [1.165, 1.54) is 19.0 Å². The van der Waals surface area contributed by atoms with E-state index >= 15 is 0 Å². The van der Waals surface area contributed by atoms with Gasteiger partial charge >= 0.3 is 0 Å². The van der Waals surface area contributed by atoms with Crippen LogP contribution in [-0.4, -0.2) is 35.6 Å². The number of aromatic nitrogens is 1. The van der Waals surface area contributed by atoms with Crippen LogP contribution in [0, 0.1) is 5.82 Å². The third-order valence-electron chi connectivity index (χ3n) is 3.75. The van der Waals surface area contributed by atoms with E-state index in [9.17, 15) is 4.39 Å². The van der Waals surface area contributed by atoms with E-state index in [4.69, 9.17) is 0 Å². The van der Waals surface area contributed by atoms with E-state index in [0.717, 1.165) is 25.2 Å². The van der Waals surface area contributed by atoms with Crippen LogP contribution in [0.25, 0.3) is 0 Å². The summed E-state index contributed by atoms with van der Waals surface area (Å²) >= 11 is 0. The first kappa shape index (κ1) is 13.4. The number of piperidine rings is 1. The maximum atomic E-state index is 13.1. The molecule has 1 unspecified atom stereocenters. The first-order chi connectivity index (χ1) is 8.69. The van der Waals surface area contributed by atoms with Crippen molar-refractivity contribution in [3.05, 3.63) is 29.8 Å². The summed E-state index contributed by atoms with van der Waals surface area (Å²) in [4.78, 5) is 6.37. The van der Waals surface area contributed by atoms with Gasteiger partial charge in [0.05, 0.1) is 6.20 Å². The van der Waals surface area contributed by atoms with Gasteiger partial charge in [-0.25, -0.2) is 4.39 Å². The van der Waals surface area contributed by atoms with Gasteiger partial charge in [0.1, 0.15) is 5.82 Å². The molecular formula is C14H22FN3. The van der Waals surface area contributed by atoms with E-state index in [1.807, 2.05) is 0 Å². The normalized spacial score (nSPS) is 19.9. The number of nitrogens with one attached hydrogen (secondary N) is 1. The van der Waals surface area contributed by atoms with Gasteiger partial charge in [-0.05, 0) is 51.0 Å². The Bertz CT molecular complexity index is 375. The topological polar surface area (TPSA) is 28.2 Å². The van der Waals surface area contributed by atoms with Crippen LogP contribution >= 0.6 is 0 Å². The van der Waals surface area contributed by atoms with Crippen molar-refractivity contribution in [2.75, 3.05) is 19.6 Å². The molecule has 0 amide bonds. The minimum absolute atomic E-state index is 0.159. The number of likely N-dealkylation sites (tertiary alicyclic amines) is 1. The average molecular weight is 251 g/mol. The molecule has 0 aliphatic carbocycles. The summed E-state index contributed by atoms with van der Waals surface area (Å²) in [6.07, 6.45) is 5.32. The van der Waals surface area contributed by atoms with Gasteiger partial charge in [-0.3, -0.25) is 4.98 Å². The second kappa shape index (κ2) is 6.25. The molecule has 0 bridgehead atoms. The van der Waals surface area contributed by atoms with Crippen LogP contribution in [0.3, 0.4) is 0 Å². The highest BCUT2D eigenvalue weighted by atomic mass is 19.1. The molecule has 1 aromatic rings. The fourth-order valence-corrected chi connectivity index (χ4v) is 2.53. The first-order valence-corrected chi connectivity index (χ1v) is 6.78. The summed E-state index contributed by atoms with van der Waals surface area (Å²) in [5, 5.41) is 3.57. The Kier molecular flexibility index (Phi) is 4.66. The van der Waals surface area contributed by atoms with Gasteiger partial charge in [-0.1, -0.05) is 6.92 Å². The van der Waals surface area contributed by atoms with E-state index in [0.29, 0.717) is 6.04 Å². The van der Waals surface area contributed by atoms with Gasteiger partial charge in [0, 0.05) is 18.3 Å². The van der Waals surface area contributed by atoms with Crippen molar-refractivity contribution in [3.63, 3.8) is 0 Å². The summed E-state index contributed by atoms with van der Waals surface area (Å²) < 4.78 is 13.1. The maximum Gasteiger partial charge on any atom is 0.141 e. The molecule has 1 saturated heterocycles. The molecule has 2 rings (SSSR count). The first-order valence-electron chi connectivity index (χ1n) is 6.78. The summed E-state index contributed by atoms with van der Waals surface area (Å²) in [7, 11) is 0. The lowest BCUT2D eigenvalue weighted by Gasteiger charge is -2.33. The van der Waals surface area contributed by atoms with Crippen molar-refractivity contribution in [2.24, 2.45) is 0 Å². The maximum absolute atomic E-state index is 13.1. The van der Waals surface area contributed by atoms with Crippen molar-refractivity contribution in [1.82, 2.24) is 15.2 Å². The molecule has 0 aromatic carbocycles. The monoisotopic (exact) mass is 251 g/mol. The Morgan fingerprint density at radius 1 is 1.44 bits per heavy atom. The molecule has 1 aliphatic rings. The molecule has 0 radical (unpaired) electrons. The smallest absolute Gasteiger partial charge is 0.141 e. The van der Waals surface area contributed by atoms with Crippen LogP contribution in [-0.2, 0) is 0 Å². The lowest BCUT2D eigenvalue weighted by molar-refractivity contribution is 0.200. The Balaban J connectivity index is 1.86. The fraction of sp³-hybridized carbons (Fsp3) is 0.643. The van der Waals surface area contributed by atoms with Gasteiger partial charge in [0.25, 0.3) is 0 Å². The number of nitrogens with zero attached hydrogens (tertiary/aromatic N) is 2. The highest BCUT2D eigenvalue weighted by molar-refractivity contribution is 5.14. The van der Waals surface area contributed by atoms with Crippen LogP contribution in [0.5, 0.6) is 0 Å². The van der Waals surface area contributed by atoms with Gasteiger partial charge in [-0.2, -0.15) is 0 Å². The molecule has 4 heteroatoms. The molecule has 3 nitrogen and oxygen atoms in total. The SMILES string of the molecule is CCN1CCC(NC(C)c2cncc(F)c2)CC1. The van der Waals surface area contributed by atoms with Crippen molar-refractivity contribution < 1.29 is 4.39 Å². The quantitative estimate of drug-likeness (QED) is 0.890. The largest absolute Gasteiger partial charge is 0.307 e. The van der Waals surface area contributed by atoms with Gasteiger partial charge < -0.3 is 10.2 Å². The minimum atomic E-state index is -0.262. The summed E-state index contributed by atoms with van der Waals surface area (Å²) in [6, 6.07) is 2.25. The van der Waals surface area contributed by atoms with Gasteiger partial charge in [-0.15, -0.1) is 0 Å². The van der Waals surface area contributed by atoms with E-state index in [-0.39, 0.29) is 11.9 Å². The summed E-state index contributed by atoms with van der Waals surface area (Å²) in [5.74, 6) is -0.262. The zero-order chi connectivity index (χ0) is 13.0. The van der Waals surface area contributed by atoms with Crippen LogP contribution in [0.4, 0.5) is 4.39 Å². The Hall–Kier alpha value is -1.00. The van der Waals surface area contributed by atoms with E-state index in [2.05, 4.69) is 29.0 Å². The van der Waals surface area contributed by atoms with Crippen molar-refractivity contribution >= 4 is 0 Å². The molecule has 2 heterocycles. The minimum Gasteiger partial charge on any atom is -0.307 e. The van der Waals surface area contributed by atoms with Crippen LogP contribution < -0.4 is 5.32 Å². The molecule has 0 spiro atoms. The van der Waals surface area contributed by atoms with Crippen LogP contribution in [0.1, 0.15) is 38.3 Å². The van der Waals surface area contributed by atoms with Crippen molar-refractivity contribution in [3.8, 4) is 0 Å². The van der Waals surface area contributed by atoms with Gasteiger partial charge in [0.15, 0.2) is 0 Å². The van der Waals surface area contributed by atoms with E-state index in [1.54, 1.807) is 12.3 Å². The number of hydrogen-bond acceptors (Lipinski definition) is 3. The highest BCUT2D eigenvalue weighted by Crippen LogP contribution is 2.17. The predicted molar refractivity (Wildman–Crippen MR) is 70.9 cm³/mol. The number of halogens is 1. The molecule has 1 aromatic heterocycles. The second-order valence-corrected chi connectivity index (χ2v) is 5.03. The third kappa shape index (κ3) is 3.50. The Morgan fingerprint density at radius 3 is 2.78 bits per heavy atom. The Morgan fingerprint density at radius 2 is 2.17 bits per heavy atom. The zero-order valence-electron chi connectivity index (χ0n) is 11.2. The summed E-state index contributed by atoms with van der Waals surface area (Å²) in [5.41, 5.74) is 0.924. The van der Waals surface area contributed by atoms with Crippen LogP contribution in [0.15, 0.2) is 18.5 Å². The third-order valence-corrected chi connectivity index (χ3v) is 3.75. The number of pyridine rings is 1. The van der Waals surface area contributed by atoms with Crippen molar-refractivity contribution in [1.29, 1.82) is 0 Å². The standard InChI is InChI=1S/C14H22FN3/c1-3-18-6-4-14(5-7-18)17-11(2)12-8-13(15)10-16-9-12/h8-11,14,17H,3-7H2,1-2H3.